The summed E-state index contributed by atoms with van der Waals surface area (Å²) in [5.74, 6) is 2.09. The number of thioether (sulfide) groups is 1. The lowest BCUT2D eigenvalue weighted by Crippen LogP contribution is -2.21. The molecule has 0 aromatic heterocycles. The normalized spacial score (nSPS) is 12.8. The fourth-order valence-electron chi connectivity index (χ4n) is 1.86. The molecule has 2 aromatic rings. The van der Waals surface area contributed by atoms with Crippen LogP contribution < -0.4 is 5.73 Å². The molecule has 0 saturated carbocycles. The van der Waals surface area contributed by atoms with Crippen molar-refractivity contribution in [3.63, 3.8) is 0 Å². The fourth-order valence-corrected chi connectivity index (χ4v) is 2.98. The number of hydrogen-bond donors (Lipinski definition) is 1. The van der Waals surface area contributed by atoms with Crippen molar-refractivity contribution < 1.29 is 0 Å². The quantitative estimate of drug-likeness (QED) is 0.867. The monoisotopic (exact) mass is 245 g/mol. The van der Waals surface area contributed by atoms with Crippen LogP contribution in [0.15, 0.2) is 42.5 Å². The Hall–Kier alpha value is -0.990. The molecule has 0 amide bonds. The lowest BCUT2D eigenvalue weighted by Gasteiger charge is -2.09. The van der Waals surface area contributed by atoms with Gasteiger partial charge in [0, 0.05) is 17.5 Å². The van der Waals surface area contributed by atoms with Gasteiger partial charge in [-0.05, 0) is 22.8 Å². The summed E-state index contributed by atoms with van der Waals surface area (Å²) in [6.07, 6.45) is 1.06. The van der Waals surface area contributed by atoms with Crippen molar-refractivity contribution in [2.45, 2.75) is 25.1 Å². The molecule has 0 saturated heterocycles. The van der Waals surface area contributed by atoms with Gasteiger partial charge in [0.15, 0.2) is 0 Å². The summed E-state index contributed by atoms with van der Waals surface area (Å²) < 4.78 is 0. The molecule has 90 valence electrons. The van der Waals surface area contributed by atoms with Crippen LogP contribution in [0, 0.1) is 0 Å². The third-order valence-electron chi connectivity index (χ3n) is 2.99. The highest BCUT2D eigenvalue weighted by atomic mass is 32.2. The molecule has 0 bridgehead atoms. The van der Waals surface area contributed by atoms with E-state index in [9.17, 15) is 0 Å². The molecule has 0 fully saturated rings. The van der Waals surface area contributed by atoms with E-state index in [1.54, 1.807) is 0 Å². The molecule has 2 rings (SSSR count). The molecule has 0 spiro atoms. The molecule has 2 aromatic carbocycles. The van der Waals surface area contributed by atoms with Gasteiger partial charge < -0.3 is 5.73 Å². The van der Waals surface area contributed by atoms with Crippen molar-refractivity contribution in [3.8, 4) is 0 Å². The number of rotatable bonds is 5. The molecule has 0 aliphatic rings. The number of nitrogens with two attached hydrogens (primary N) is 1. The summed E-state index contributed by atoms with van der Waals surface area (Å²) in [5, 5.41) is 2.69. The average Bonchev–Trinajstić information content (AvgIpc) is 2.39. The van der Waals surface area contributed by atoms with Gasteiger partial charge in [-0.3, -0.25) is 0 Å². The predicted molar refractivity (Wildman–Crippen MR) is 78.4 cm³/mol. The van der Waals surface area contributed by atoms with Gasteiger partial charge in [0.05, 0.1) is 0 Å². The first kappa shape index (κ1) is 12.5. The molecule has 2 heteroatoms. The number of fused-ring (bicyclic) bond motifs is 1. The van der Waals surface area contributed by atoms with E-state index in [0.717, 1.165) is 17.9 Å². The summed E-state index contributed by atoms with van der Waals surface area (Å²) in [6.45, 7) is 2.14. The first-order chi connectivity index (χ1) is 8.31. The van der Waals surface area contributed by atoms with E-state index in [4.69, 9.17) is 5.73 Å². The maximum absolute atomic E-state index is 5.93. The van der Waals surface area contributed by atoms with E-state index in [1.165, 1.54) is 16.3 Å². The van der Waals surface area contributed by atoms with Gasteiger partial charge in [-0.25, -0.2) is 0 Å². The van der Waals surface area contributed by atoms with Crippen LogP contribution in [-0.4, -0.2) is 11.8 Å². The highest BCUT2D eigenvalue weighted by Crippen LogP contribution is 2.22. The minimum absolute atomic E-state index is 0.329. The van der Waals surface area contributed by atoms with Crippen LogP contribution in [0.25, 0.3) is 10.8 Å². The second-order valence-corrected chi connectivity index (χ2v) is 5.35. The summed E-state index contributed by atoms with van der Waals surface area (Å²) in [4.78, 5) is 0. The second kappa shape index (κ2) is 6.08. The third kappa shape index (κ3) is 3.24. The Morgan fingerprint density at radius 1 is 1.12 bits per heavy atom. The zero-order chi connectivity index (χ0) is 12.1. The molecular formula is C15H19NS. The summed E-state index contributed by atoms with van der Waals surface area (Å²) in [6, 6.07) is 15.4. The van der Waals surface area contributed by atoms with E-state index in [2.05, 4.69) is 49.4 Å². The van der Waals surface area contributed by atoms with Crippen LogP contribution in [0.5, 0.6) is 0 Å². The Kier molecular flexibility index (Phi) is 4.46. The van der Waals surface area contributed by atoms with Crippen molar-refractivity contribution in [2.24, 2.45) is 5.73 Å². The SMILES string of the molecule is CCC(N)CSCc1cccc2ccccc12. The standard InChI is InChI=1S/C15H19NS/c1-2-14(16)11-17-10-13-8-5-7-12-6-3-4-9-15(12)13/h3-9,14H,2,10-11,16H2,1H3. The Labute approximate surface area is 107 Å². The van der Waals surface area contributed by atoms with Crippen molar-refractivity contribution >= 4 is 22.5 Å². The third-order valence-corrected chi connectivity index (χ3v) is 4.17. The highest BCUT2D eigenvalue weighted by molar-refractivity contribution is 7.98. The largest absolute Gasteiger partial charge is 0.327 e. The Morgan fingerprint density at radius 3 is 2.71 bits per heavy atom. The fraction of sp³-hybridized carbons (Fsp3) is 0.333. The number of hydrogen-bond acceptors (Lipinski definition) is 2. The van der Waals surface area contributed by atoms with Gasteiger partial charge in [-0.15, -0.1) is 0 Å². The van der Waals surface area contributed by atoms with Crippen LogP contribution >= 0.6 is 11.8 Å². The van der Waals surface area contributed by atoms with Crippen LogP contribution in [0.3, 0.4) is 0 Å². The van der Waals surface area contributed by atoms with Crippen LogP contribution in [-0.2, 0) is 5.75 Å². The van der Waals surface area contributed by atoms with E-state index < -0.39 is 0 Å². The van der Waals surface area contributed by atoms with Crippen molar-refractivity contribution in [1.82, 2.24) is 0 Å². The topological polar surface area (TPSA) is 26.0 Å². The second-order valence-electron chi connectivity index (χ2n) is 4.32. The minimum Gasteiger partial charge on any atom is -0.327 e. The van der Waals surface area contributed by atoms with E-state index in [0.29, 0.717) is 6.04 Å². The summed E-state index contributed by atoms with van der Waals surface area (Å²) in [7, 11) is 0. The lowest BCUT2D eigenvalue weighted by atomic mass is 10.1. The Bertz CT molecular complexity index is 476. The van der Waals surface area contributed by atoms with Crippen LogP contribution in [0.2, 0.25) is 0 Å². The van der Waals surface area contributed by atoms with E-state index in [-0.39, 0.29) is 0 Å². The van der Waals surface area contributed by atoms with Gasteiger partial charge in [0.25, 0.3) is 0 Å². The van der Waals surface area contributed by atoms with Gasteiger partial charge in [-0.1, -0.05) is 49.4 Å². The van der Waals surface area contributed by atoms with Crippen molar-refractivity contribution in [2.75, 3.05) is 5.75 Å². The molecule has 0 heterocycles. The molecule has 2 N–H and O–H groups in total. The van der Waals surface area contributed by atoms with Gasteiger partial charge in [-0.2, -0.15) is 11.8 Å². The predicted octanol–water partition coefficient (Wildman–Crippen LogP) is 3.81. The van der Waals surface area contributed by atoms with Crippen LogP contribution in [0.4, 0.5) is 0 Å². The van der Waals surface area contributed by atoms with Crippen LogP contribution in [0.1, 0.15) is 18.9 Å². The Morgan fingerprint density at radius 2 is 1.88 bits per heavy atom. The molecule has 17 heavy (non-hydrogen) atoms. The first-order valence-electron chi connectivity index (χ1n) is 6.11. The van der Waals surface area contributed by atoms with E-state index in [1.807, 2.05) is 11.8 Å². The van der Waals surface area contributed by atoms with Crippen molar-refractivity contribution in [1.29, 1.82) is 0 Å². The lowest BCUT2D eigenvalue weighted by molar-refractivity contribution is 0.725. The van der Waals surface area contributed by atoms with Gasteiger partial charge in [0.2, 0.25) is 0 Å². The average molecular weight is 245 g/mol. The Balaban J connectivity index is 2.08. The zero-order valence-electron chi connectivity index (χ0n) is 10.2. The van der Waals surface area contributed by atoms with E-state index >= 15 is 0 Å². The molecule has 1 atom stereocenters. The molecular weight excluding hydrogens is 226 g/mol. The van der Waals surface area contributed by atoms with Gasteiger partial charge >= 0.3 is 0 Å². The smallest absolute Gasteiger partial charge is 0.0191 e. The molecule has 0 aliphatic carbocycles. The molecule has 1 unspecified atom stereocenters. The highest BCUT2D eigenvalue weighted by Gasteiger charge is 2.02. The maximum atomic E-state index is 5.93. The van der Waals surface area contributed by atoms with Gasteiger partial charge in [0.1, 0.15) is 0 Å². The maximum Gasteiger partial charge on any atom is 0.0191 e. The molecule has 0 aliphatic heterocycles. The molecule has 1 nitrogen and oxygen atoms in total. The summed E-state index contributed by atoms with van der Waals surface area (Å²) >= 11 is 1.93. The summed E-state index contributed by atoms with van der Waals surface area (Å²) in [5.41, 5.74) is 7.34. The van der Waals surface area contributed by atoms with Crippen molar-refractivity contribution in [3.05, 3.63) is 48.0 Å². The minimum atomic E-state index is 0.329. The first-order valence-corrected chi connectivity index (χ1v) is 7.26. The molecule has 0 radical (unpaired) electrons. The zero-order valence-corrected chi connectivity index (χ0v) is 11.0. The number of benzene rings is 2.